The molecule has 0 bridgehead atoms. The zero-order valence-corrected chi connectivity index (χ0v) is 8.07. The molecule has 2 aliphatic rings. The van der Waals surface area contributed by atoms with E-state index in [4.69, 9.17) is 18.9 Å². The second kappa shape index (κ2) is 2.70. The van der Waals surface area contributed by atoms with Gasteiger partial charge in [0.15, 0.2) is 11.9 Å². The Labute approximate surface area is 77.4 Å². The van der Waals surface area contributed by atoms with Crippen LogP contribution in [-0.2, 0) is 18.9 Å². The normalized spacial score (nSPS) is 41.8. The minimum Gasteiger partial charge on any atom is -0.464 e. The van der Waals surface area contributed by atoms with E-state index < -0.39 is 5.79 Å². The van der Waals surface area contributed by atoms with Crippen LogP contribution in [0.2, 0.25) is 0 Å². The summed E-state index contributed by atoms with van der Waals surface area (Å²) in [4.78, 5) is 0. The summed E-state index contributed by atoms with van der Waals surface area (Å²) >= 11 is 0. The molecule has 2 rings (SSSR count). The molecule has 0 aromatic rings. The highest BCUT2D eigenvalue weighted by molar-refractivity contribution is 5.08. The Bertz CT molecular complexity index is 236. The van der Waals surface area contributed by atoms with Gasteiger partial charge in [-0.05, 0) is 13.8 Å². The molecule has 2 aliphatic heterocycles. The first kappa shape index (κ1) is 8.99. The van der Waals surface area contributed by atoms with Gasteiger partial charge in [-0.25, -0.2) is 0 Å². The van der Waals surface area contributed by atoms with Crippen molar-refractivity contribution in [1.82, 2.24) is 0 Å². The van der Waals surface area contributed by atoms with Crippen LogP contribution in [0.4, 0.5) is 0 Å². The van der Waals surface area contributed by atoms with Gasteiger partial charge in [0.25, 0.3) is 0 Å². The van der Waals surface area contributed by atoms with E-state index in [9.17, 15) is 0 Å². The molecule has 0 radical (unpaired) electrons. The summed E-state index contributed by atoms with van der Waals surface area (Å²) in [5.74, 6) is 0.0150. The van der Waals surface area contributed by atoms with Crippen molar-refractivity contribution in [2.24, 2.45) is 0 Å². The van der Waals surface area contributed by atoms with Crippen LogP contribution in [0.3, 0.4) is 0 Å². The molecule has 2 heterocycles. The molecule has 0 saturated carbocycles. The van der Waals surface area contributed by atoms with E-state index >= 15 is 0 Å². The molecule has 74 valence electrons. The number of ether oxygens (including phenoxy) is 4. The van der Waals surface area contributed by atoms with Crippen molar-refractivity contribution in [2.75, 3.05) is 7.11 Å². The van der Waals surface area contributed by atoms with Gasteiger partial charge in [0, 0.05) is 7.11 Å². The third-order valence-electron chi connectivity index (χ3n) is 2.21. The first-order valence-electron chi connectivity index (χ1n) is 4.27. The molecule has 13 heavy (non-hydrogen) atoms. The molecule has 2 saturated heterocycles. The van der Waals surface area contributed by atoms with Crippen LogP contribution in [0, 0.1) is 0 Å². The first-order chi connectivity index (χ1) is 6.03. The summed E-state index contributed by atoms with van der Waals surface area (Å²) in [6.45, 7) is 7.49. The Morgan fingerprint density at radius 2 is 2.08 bits per heavy atom. The van der Waals surface area contributed by atoms with Crippen LogP contribution in [0.1, 0.15) is 13.8 Å². The van der Waals surface area contributed by atoms with Gasteiger partial charge < -0.3 is 18.9 Å². The Hall–Kier alpha value is -0.580. The molecule has 0 spiro atoms. The van der Waals surface area contributed by atoms with Crippen LogP contribution < -0.4 is 0 Å². The van der Waals surface area contributed by atoms with Crippen LogP contribution >= 0.6 is 0 Å². The summed E-state index contributed by atoms with van der Waals surface area (Å²) in [5.41, 5.74) is 0. The van der Waals surface area contributed by atoms with E-state index in [0.717, 1.165) is 0 Å². The molecule has 0 aromatic carbocycles. The molecule has 0 amide bonds. The van der Waals surface area contributed by atoms with E-state index in [2.05, 4.69) is 6.58 Å². The smallest absolute Gasteiger partial charge is 0.228 e. The predicted octanol–water partition coefficient (Wildman–Crippen LogP) is 1.02. The number of methoxy groups -OCH3 is 1. The number of rotatable bonds is 1. The molecule has 0 aliphatic carbocycles. The summed E-state index contributed by atoms with van der Waals surface area (Å²) < 4.78 is 21.6. The third-order valence-corrected chi connectivity index (χ3v) is 2.21. The highest BCUT2D eigenvalue weighted by atomic mass is 16.8. The van der Waals surface area contributed by atoms with Gasteiger partial charge in [-0.15, -0.1) is 0 Å². The molecule has 0 N–H and O–H groups in total. The summed E-state index contributed by atoms with van der Waals surface area (Å²) in [6, 6.07) is 0. The minimum absolute atomic E-state index is 0.188. The van der Waals surface area contributed by atoms with Crippen molar-refractivity contribution >= 4 is 0 Å². The maximum atomic E-state index is 5.61. The number of fused-ring (bicyclic) bond motifs is 1. The first-order valence-corrected chi connectivity index (χ1v) is 4.27. The van der Waals surface area contributed by atoms with Gasteiger partial charge in [0.05, 0.1) is 0 Å². The van der Waals surface area contributed by atoms with Gasteiger partial charge in [0.2, 0.25) is 6.29 Å². The van der Waals surface area contributed by atoms with Gasteiger partial charge in [-0.3, -0.25) is 0 Å². The highest BCUT2D eigenvalue weighted by Crippen LogP contribution is 2.39. The fourth-order valence-corrected chi connectivity index (χ4v) is 1.70. The van der Waals surface area contributed by atoms with Crippen molar-refractivity contribution in [1.29, 1.82) is 0 Å². The maximum Gasteiger partial charge on any atom is 0.228 e. The lowest BCUT2D eigenvalue weighted by Crippen LogP contribution is -2.30. The van der Waals surface area contributed by atoms with Gasteiger partial charge in [-0.1, -0.05) is 6.58 Å². The Morgan fingerprint density at radius 1 is 1.38 bits per heavy atom. The number of hydrogen-bond donors (Lipinski definition) is 0. The molecular weight excluding hydrogens is 172 g/mol. The fraction of sp³-hybridized carbons (Fsp3) is 0.778. The van der Waals surface area contributed by atoms with E-state index in [-0.39, 0.29) is 18.5 Å². The SMILES string of the molecule is C=C1O[C@@H](OC)[C@@H]2OC(C)(C)O[C@H]12. The molecule has 0 aromatic heterocycles. The van der Waals surface area contributed by atoms with Crippen molar-refractivity contribution in [3.63, 3.8) is 0 Å². The van der Waals surface area contributed by atoms with Crippen LogP contribution in [-0.4, -0.2) is 31.4 Å². The van der Waals surface area contributed by atoms with Crippen molar-refractivity contribution < 1.29 is 18.9 Å². The van der Waals surface area contributed by atoms with Crippen molar-refractivity contribution in [3.8, 4) is 0 Å². The van der Waals surface area contributed by atoms with Crippen LogP contribution in [0.25, 0.3) is 0 Å². The van der Waals surface area contributed by atoms with Crippen molar-refractivity contribution in [3.05, 3.63) is 12.3 Å². The van der Waals surface area contributed by atoms with Gasteiger partial charge in [0.1, 0.15) is 11.9 Å². The average molecular weight is 186 g/mol. The maximum absolute atomic E-state index is 5.61. The lowest BCUT2D eigenvalue weighted by molar-refractivity contribution is -0.201. The lowest BCUT2D eigenvalue weighted by Gasteiger charge is -2.21. The lowest BCUT2D eigenvalue weighted by atomic mass is 10.2. The van der Waals surface area contributed by atoms with Gasteiger partial charge >= 0.3 is 0 Å². The zero-order valence-electron chi connectivity index (χ0n) is 8.07. The minimum atomic E-state index is -0.571. The molecule has 4 nitrogen and oxygen atoms in total. The zero-order chi connectivity index (χ0) is 9.64. The van der Waals surface area contributed by atoms with Crippen molar-refractivity contribution in [2.45, 2.75) is 38.1 Å². The monoisotopic (exact) mass is 186 g/mol. The highest BCUT2D eigenvalue weighted by Gasteiger charge is 2.53. The Morgan fingerprint density at radius 3 is 2.69 bits per heavy atom. The predicted molar refractivity (Wildman–Crippen MR) is 44.8 cm³/mol. The van der Waals surface area contributed by atoms with Gasteiger partial charge in [-0.2, -0.15) is 0 Å². The topological polar surface area (TPSA) is 36.9 Å². The van der Waals surface area contributed by atoms with Crippen LogP contribution in [0.15, 0.2) is 12.3 Å². The molecule has 0 unspecified atom stereocenters. The third kappa shape index (κ3) is 1.35. The number of hydrogen-bond acceptors (Lipinski definition) is 4. The second-order valence-corrected chi connectivity index (χ2v) is 3.71. The quantitative estimate of drug-likeness (QED) is 0.612. The van der Waals surface area contributed by atoms with E-state index in [0.29, 0.717) is 5.76 Å². The summed E-state index contributed by atoms with van der Waals surface area (Å²) in [6.07, 6.45) is -0.772. The standard InChI is InChI=1S/C9H14O4/c1-5-6-7(8(10-4)11-5)13-9(2,3)12-6/h6-8H,1H2,2-4H3/t6-,7-,8-/m1/s1. The molecule has 4 heteroatoms. The van der Waals surface area contributed by atoms with E-state index in [1.165, 1.54) is 0 Å². The molecule has 3 atom stereocenters. The second-order valence-electron chi connectivity index (χ2n) is 3.71. The van der Waals surface area contributed by atoms with E-state index in [1.54, 1.807) is 7.11 Å². The van der Waals surface area contributed by atoms with E-state index in [1.807, 2.05) is 13.8 Å². The Kier molecular flexibility index (Phi) is 1.87. The summed E-state index contributed by atoms with van der Waals surface area (Å²) in [5, 5.41) is 0. The fourth-order valence-electron chi connectivity index (χ4n) is 1.70. The Balaban J connectivity index is 2.17. The molecule has 2 fully saturated rings. The average Bonchev–Trinajstić information content (AvgIpc) is 2.47. The summed E-state index contributed by atoms with van der Waals surface area (Å²) in [7, 11) is 1.58. The largest absolute Gasteiger partial charge is 0.464 e. The van der Waals surface area contributed by atoms with Crippen LogP contribution in [0.5, 0.6) is 0 Å². The molecular formula is C9H14O4.